The summed E-state index contributed by atoms with van der Waals surface area (Å²) in [6.07, 6.45) is 1.79. The molecule has 0 unspecified atom stereocenters. The maximum absolute atomic E-state index is 13.3. The molecule has 1 radical (unpaired) electrons. The van der Waals surface area contributed by atoms with E-state index in [1.807, 2.05) is 25.1 Å². The van der Waals surface area contributed by atoms with Gasteiger partial charge in [0.25, 0.3) is 0 Å². The number of aryl methyl sites for hydroxylation is 1. The molecule has 2 aromatic rings. The molecule has 1 aliphatic rings. The van der Waals surface area contributed by atoms with E-state index in [-0.39, 0.29) is 32.7 Å². The summed E-state index contributed by atoms with van der Waals surface area (Å²) < 4.78 is 28.1. The number of nitrogens with zero attached hydrogens (tertiary/aromatic N) is 3. The number of sulfonamides is 1. The maximum Gasteiger partial charge on any atom is 0.243 e. The summed E-state index contributed by atoms with van der Waals surface area (Å²) in [6, 6.07) is 17.5. The SMILES string of the molecule is C=C1C[N-]CCCN(Cc2ccccc2)CCCN(S(=O)(=O)c2ccc(C)cc2)C1.[Y]. The number of hydrogen-bond acceptors (Lipinski definition) is 3. The molecular weight excluding hydrogens is 483 g/mol. The Balaban J connectivity index is 0.00000341. The van der Waals surface area contributed by atoms with E-state index in [1.165, 1.54) is 5.56 Å². The minimum absolute atomic E-state index is 0. The third-order valence-electron chi connectivity index (χ3n) is 5.32. The molecule has 7 heteroatoms. The molecule has 1 saturated heterocycles. The van der Waals surface area contributed by atoms with E-state index in [2.05, 4.69) is 41.1 Å². The van der Waals surface area contributed by atoms with E-state index in [9.17, 15) is 8.42 Å². The Morgan fingerprint density at radius 1 is 0.968 bits per heavy atom. The van der Waals surface area contributed by atoms with Crippen molar-refractivity contribution >= 4 is 10.0 Å². The molecule has 0 bridgehead atoms. The minimum Gasteiger partial charge on any atom is -0.659 e. The van der Waals surface area contributed by atoms with Gasteiger partial charge < -0.3 is 5.32 Å². The molecule has 0 aromatic heterocycles. The van der Waals surface area contributed by atoms with Crippen LogP contribution in [0, 0.1) is 6.92 Å². The summed E-state index contributed by atoms with van der Waals surface area (Å²) in [5, 5.41) is 4.58. The van der Waals surface area contributed by atoms with Crippen LogP contribution in [0.4, 0.5) is 0 Å². The third kappa shape index (κ3) is 8.19. The van der Waals surface area contributed by atoms with Gasteiger partial charge in [-0.2, -0.15) is 4.31 Å². The number of benzene rings is 2. The molecule has 5 nitrogen and oxygen atoms in total. The van der Waals surface area contributed by atoms with Gasteiger partial charge in [-0.15, -0.1) is 19.7 Å². The van der Waals surface area contributed by atoms with Gasteiger partial charge in [0.2, 0.25) is 10.0 Å². The van der Waals surface area contributed by atoms with Crippen molar-refractivity contribution in [1.82, 2.24) is 9.21 Å². The molecular formula is C24H32N3O2SY-. The summed E-state index contributed by atoms with van der Waals surface area (Å²) >= 11 is 0. The predicted molar refractivity (Wildman–Crippen MR) is 123 cm³/mol. The van der Waals surface area contributed by atoms with Crippen LogP contribution >= 0.6 is 0 Å². The smallest absolute Gasteiger partial charge is 0.243 e. The van der Waals surface area contributed by atoms with E-state index in [0.29, 0.717) is 24.5 Å². The van der Waals surface area contributed by atoms with E-state index >= 15 is 0 Å². The molecule has 0 N–H and O–H groups in total. The fourth-order valence-electron chi connectivity index (χ4n) is 3.67. The fourth-order valence-corrected chi connectivity index (χ4v) is 5.17. The van der Waals surface area contributed by atoms with Crippen molar-refractivity contribution in [2.45, 2.75) is 31.2 Å². The van der Waals surface area contributed by atoms with Gasteiger partial charge in [0.05, 0.1) is 4.90 Å². The second kappa shape index (κ2) is 13.0. The van der Waals surface area contributed by atoms with Crippen molar-refractivity contribution in [1.29, 1.82) is 0 Å². The summed E-state index contributed by atoms with van der Waals surface area (Å²) in [5.41, 5.74) is 3.16. The molecule has 1 fully saturated rings. The first-order chi connectivity index (χ1) is 14.4. The first-order valence-electron chi connectivity index (χ1n) is 10.6. The molecule has 1 heterocycles. The average molecular weight is 516 g/mol. The van der Waals surface area contributed by atoms with Crippen molar-refractivity contribution in [2.24, 2.45) is 0 Å². The van der Waals surface area contributed by atoms with Gasteiger partial charge >= 0.3 is 0 Å². The average Bonchev–Trinajstić information content (AvgIpc) is 2.72. The monoisotopic (exact) mass is 515 g/mol. The molecule has 165 valence electrons. The van der Waals surface area contributed by atoms with Crippen molar-refractivity contribution in [3.8, 4) is 0 Å². The fraction of sp³-hybridized carbons (Fsp3) is 0.417. The molecule has 0 aliphatic carbocycles. The van der Waals surface area contributed by atoms with Gasteiger partial charge in [0, 0.05) is 52.3 Å². The van der Waals surface area contributed by atoms with E-state index < -0.39 is 10.0 Å². The molecule has 0 saturated carbocycles. The Morgan fingerprint density at radius 2 is 1.65 bits per heavy atom. The molecule has 1 aliphatic heterocycles. The Morgan fingerprint density at radius 3 is 2.35 bits per heavy atom. The van der Waals surface area contributed by atoms with Crippen molar-refractivity contribution in [3.63, 3.8) is 0 Å². The Kier molecular flexibility index (Phi) is 11.0. The summed E-state index contributed by atoms with van der Waals surface area (Å²) in [5.74, 6) is 0. The topological polar surface area (TPSA) is 54.7 Å². The van der Waals surface area contributed by atoms with Crippen LogP contribution in [-0.4, -0.2) is 56.9 Å². The molecule has 0 spiro atoms. The van der Waals surface area contributed by atoms with Gasteiger partial charge in [-0.05, 0) is 44.1 Å². The molecule has 2 aromatic carbocycles. The summed E-state index contributed by atoms with van der Waals surface area (Å²) in [6.45, 7) is 10.8. The largest absolute Gasteiger partial charge is 0.659 e. The first-order valence-corrected chi connectivity index (χ1v) is 12.0. The third-order valence-corrected chi connectivity index (χ3v) is 7.17. The summed E-state index contributed by atoms with van der Waals surface area (Å²) in [7, 11) is -3.56. The van der Waals surface area contributed by atoms with Gasteiger partial charge in [-0.1, -0.05) is 60.0 Å². The van der Waals surface area contributed by atoms with Crippen LogP contribution in [0.3, 0.4) is 0 Å². The summed E-state index contributed by atoms with van der Waals surface area (Å²) in [4.78, 5) is 2.74. The van der Waals surface area contributed by atoms with Crippen molar-refractivity contribution in [3.05, 3.63) is 83.2 Å². The van der Waals surface area contributed by atoms with Crippen LogP contribution in [0.1, 0.15) is 24.0 Å². The van der Waals surface area contributed by atoms with Crippen LogP contribution in [0.15, 0.2) is 71.6 Å². The van der Waals surface area contributed by atoms with Crippen LogP contribution in [0.25, 0.3) is 5.32 Å². The zero-order valence-corrected chi connectivity index (χ0v) is 22.1. The standard InChI is InChI=1S/C24H32N3O2S.Y/c1-21-10-12-24(13-11-21)30(28,29)27-17-7-16-26(20-23-8-4-3-5-9-23)15-6-14-25-18-22(2)19-27;/h3-5,8-13H,2,6-7,14-20H2,1H3;/q-1;. The quantitative estimate of drug-likeness (QED) is 0.574. The number of rotatable bonds is 4. The second-order valence-corrected chi connectivity index (χ2v) is 9.91. The Bertz CT molecular complexity index is 918. The molecule has 31 heavy (non-hydrogen) atoms. The number of hydrogen-bond donors (Lipinski definition) is 0. The molecule has 3 rings (SSSR count). The van der Waals surface area contributed by atoms with Crippen LogP contribution < -0.4 is 0 Å². The zero-order valence-electron chi connectivity index (χ0n) is 18.4. The first kappa shape index (κ1) is 26.4. The van der Waals surface area contributed by atoms with Gasteiger partial charge in [0.1, 0.15) is 0 Å². The molecule has 0 atom stereocenters. The Hall–Kier alpha value is -0.886. The van der Waals surface area contributed by atoms with Gasteiger partial charge in [-0.3, -0.25) is 4.90 Å². The van der Waals surface area contributed by atoms with Crippen LogP contribution in [0.5, 0.6) is 0 Å². The van der Waals surface area contributed by atoms with Crippen molar-refractivity contribution in [2.75, 3.05) is 39.3 Å². The second-order valence-electron chi connectivity index (χ2n) is 7.98. The Labute approximate surface area is 212 Å². The minimum atomic E-state index is -3.56. The van der Waals surface area contributed by atoms with E-state index in [1.54, 1.807) is 16.4 Å². The van der Waals surface area contributed by atoms with Crippen LogP contribution in [0.2, 0.25) is 0 Å². The van der Waals surface area contributed by atoms with Crippen molar-refractivity contribution < 1.29 is 41.1 Å². The van der Waals surface area contributed by atoms with E-state index in [4.69, 9.17) is 0 Å². The van der Waals surface area contributed by atoms with E-state index in [0.717, 1.165) is 50.2 Å². The zero-order chi connectivity index (χ0) is 21.4. The van der Waals surface area contributed by atoms with Gasteiger partial charge in [0.15, 0.2) is 0 Å². The predicted octanol–water partition coefficient (Wildman–Crippen LogP) is 4.21. The van der Waals surface area contributed by atoms with Gasteiger partial charge in [-0.25, -0.2) is 8.42 Å². The maximum atomic E-state index is 13.3. The van der Waals surface area contributed by atoms with Crippen LogP contribution in [-0.2, 0) is 49.3 Å². The normalized spacial score (nSPS) is 17.9. The molecule has 0 amide bonds.